The van der Waals surface area contributed by atoms with Gasteiger partial charge in [-0.2, -0.15) is 13.2 Å². The normalized spacial score (nSPS) is 12.0. The Morgan fingerprint density at radius 2 is 2.09 bits per heavy atom. The van der Waals surface area contributed by atoms with Gasteiger partial charge >= 0.3 is 6.30 Å². The fraction of sp³-hybridized carbons (Fsp3) is 0.400. The maximum atomic E-state index is 11.7. The summed E-state index contributed by atoms with van der Waals surface area (Å²) in [5.41, 5.74) is 4.90. The van der Waals surface area contributed by atoms with Crippen LogP contribution in [-0.2, 0) is 0 Å². The smallest absolute Gasteiger partial charge is 0.384 e. The highest BCUT2D eigenvalue weighted by atomic mass is 19.4. The van der Waals surface area contributed by atoms with Gasteiger partial charge in [-0.1, -0.05) is 6.58 Å². The van der Waals surface area contributed by atoms with Crippen molar-refractivity contribution in [2.45, 2.75) is 6.30 Å². The summed E-state index contributed by atoms with van der Waals surface area (Å²) in [7, 11) is 0.826. The summed E-state index contributed by atoms with van der Waals surface area (Å²) in [6.45, 7) is 3.09. The quantitative estimate of drug-likeness (QED) is 0.377. The zero-order valence-corrected chi connectivity index (χ0v) is 5.89. The SMILES string of the molecule is C=C(N)/N=C\N(C)C(F)(F)F. The molecular weight excluding hydrogens is 159 g/mol. The first-order chi connectivity index (χ1) is 4.84. The van der Waals surface area contributed by atoms with Crippen LogP contribution in [-0.4, -0.2) is 24.6 Å². The lowest BCUT2D eigenvalue weighted by molar-refractivity contribution is -0.207. The van der Waals surface area contributed by atoms with Crippen LogP contribution in [0.25, 0.3) is 0 Å². The number of aliphatic imine (C=N–C) groups is 1. The summed E-state index contributed by atoms with van der Waals surface area (Å²) < 4.78 is 35.0. The van der Waals surface area contributed by atoms with Crippen molar-refractivity contribution in [3.05, 3.63) is 12.4 Å². The van der Waals surface area contributed by atoms with E-state index in [4.69, 9.17) is 5.73 Å². The van der Waals surface area contributed by atoms with Gasteiger partial charge < -0.3 is 5.73 Å². The van der Waals surface area contributed by atoms with E-state index in [1.165, 1.54) is 0 Å². The largest absolute Gasteiger partial charge is 0.485 e. The van der Waals surface area contributed by atoms with Gasteiger partial charge in [0.15, 0.2) is 0 Å². The molecule has 0 rings (SSSR count). The minimum absolute atomic E-state index is 0.0228. The number of alkyl halides is 3. The van der Waals surface area contributed by atoms with Gasteiger partial charge in [0, 0.05) is 7.05 Å². The highest BCUT2D eigenvalue weighted by molar-refractivity contribution is 5.56. The summed E-state index contributed by atoms with van der Waals surface area (Å²) in [6.07, 6.45) is -3.86. The molecule has 3 nitrogen and oxygen atoms in total. The van der Waals surface area contributed by atoms with Crippen molar-refractivity contribution in [1.82, 2.24) is 4.90 Å². The first-order valence-electron chi connectivity index (χ1n) is 2.62. The van der Waals surface area contributed by atoms with Crippen LogP contribution in [0.4, 0.5) is 13.2 Å². The molecular formula is C5H8F3N3. The fourth-order valence-corrected chi connectivity index (χ4v) is 0.226. The fourth-order valence-electron chi connectivity index (χ4n) is 0.226. The molecule has 0 amide bonds. The molecule has 0 atom stereocenters. The topological polar surface area (TPSA) is 41.6 Å². The lowest BCUT2D eigenvalue weighted by Gasteiger charge is -2.15. The molecule has 0 aliphatic rings. The third-order valence-electron chi connectivity index (χ3n) is 0.797. The molecule has 0 aliphatic heterocycles. The molecule has 64 valence electrons. The lowest BCUT2D eigenvalue weighted by Crippen LogP contribution is -2.32. The number of nitrogens with zero attached hydrogens (tertiary/aromatic N) is 2. The van der Waals surface area contributed by atoms with E-state index < -0.39 is 6.30 Å². The zero-order valence-electron chi connectivity index (χ0n) is 5.89. The molecule has 0 unspecified atom stereocenters. The van der Waals surface area contributed by atoms with Crippen molar-refractivity contribution >= 4 is 6.34 Å². The average molecular weight is 167 g/mol. The van der Waals surface area contributed by atoms with Gasteiger partial charge in [-0.3, -0.25) is 4.90 Å². The third-order valence-corrected chi connectivity index (χ3v) is 0.797. The Kier molecular flexibility index (Phi) is 2.91. The predicted octanol–water partition coefficient (Wildman–Crippen LogP) is 0.896. The number of hydrogen-bond donors (Lipinski definition) is 1. The molecule has 0 radical (unpaired) electrons. The molecule has 0 fully saturated rings. The summed E-state index contributed by atoms with van der Waals surface area (Å²) in [4.78, 5) is 3.13. The van der Waals surface area contributed by atoms with Gasteiger partial charge in [0.25, 0.3) is 0 Å². The van der Waals surface area contributed by atoms with E-state index in [9.17, 15) is 13.2 Å². The second-order valence-electron chi connectivity index (χ2n) is 1.81. The molecule has 2 N–H and O–H groups in total. The summed E-state index contributed by atoms with van der Waals surface area (Å²) >= 11 is 0. The monoisotopic (exact) mass is 167 g/mol. The maximum Gasteiger partial charge on any atom is 0.485 e. The van der Waals surface area contributed by atoms with Crippen LogP contribution >= 0.6 is 0 Å². The van der Waals surface area contributed by atoms with Gasteiger partial charge in [0.2, 0.25) is 0 Å². The molecule has 0 saturated heterocycles. The van der Waals surface area contributed by atoms with Gasteiger partial charge in [0.1, 0.15) is 5.82 Å². The first kappa shape index (κ1) is 9.80. The van der Waals surface area contributed by atoms with Crippen LogP contribution < -0.4 is 5.73 Å². The van der Waals surface area contributed by atoms with E-state index >= 15 is 0 Å². The minimum atomic E-state index is -4.42. The Bertz CT molecular complexity index is 172. The number of halogens is 3. The Balaban J connectivity index is 4.07. The van der Waals surface area contributed by atoms with E-state index in [0.717, 1.165) is 7.05 Å². The van der Waals surface area contributed by atoms with E-state index in [-0.39, 0.29) is 10.7 Å². The zero-order chi connectivity index (χ0) is 9.07. The molecule has 0 aromatic rings. The van der Waals surface area contributed by atoms with E-state index in [1.54, 1.807) is 0 Å². The van der Waals surface area contributed by atoms with Crippen LogP contribution in [0.5, 0.6) is 0 Å². The molecule has 0 aromatic heterocycles. The third kappa shape index (κ3) is 4.24. The van der Waals surface area contributed by atoms with Crippen LogP contribution in [0.2, 0.25) is 0 Å². The van der Waals surface area contributed by atoms with E-state index in [1.807, 2.05) is 0 Å². The van der Waals surface area contributed by atoms with Gasteiger partial charge in [0.05, 0.1) is 6.34 Å². The molecule has 0 bridgehead atoms. The van der Waals surface area contributed by atoms with Crippen LogP contribution in [0.3, 0.4) is 0 Å². The molecule has 0 aliphatic carbocycles. The standard InChI is InChI=1S/C5H8F3N3/c1-4(9)10-3-11(2)5(6,7)8/h3H,1,9H2,2H3/b10-3-. The Labute approximate surface area is 62.0 Å². The number of nitrogens with two attached hydrogens (primary N) is 1. The van der Waals surface area contributed by atoms with Crippen molar-refractivity contribution < 1.29 is 13.2 Å². The number of hydrogen-bond acceptors (Lipinski definition) is 2. The minimum Gasteiger partial charge on any atom is -0.384 e. The van der Waals surface area contributed by atoms with Crippen molar-refractivity contribution in [3.63, 3.8) is 0 Å². The highest BCUT2D eigenvalue weighted by Gasteiger charge is 2.32. The predicted molar refractivity (Wildman–Crippen MR) is 35.6 cm³/mol. The van der Waals surface area contributed by atoms with Crippen LogP contribution in [0.15, 0.2) is 17.4 Å². The number of rotatable bonds is 2. The van der Waals surface area contributed by atoms with Crippen molar-refractivity contribution in [1.29, 1.82) is 0 Å². The lowest BCUT2D eigenvalue weighted by atomic mass is 10.8. The van der Waals surface area contributed by atoms with E-state index in [0.29, 0.717) is 6.34 Å². The summed E-state index contributed by atoms with van der Waals surface area (Å²) in [5.74, 6) is -0.166. The molecule has 0 heterocycles. The average Bonchev–Trinajstić information content (AvgIpc) is 1.80. The van der Waals surface area contributed by atoms with Gasteiger partial charge in [-0.15, -0.1) is 0 Å². The maximum absolute atomic E-state index is 11.7. The second-order valence-corrected chi connectivity index (χ2v) is 1.81. The van der Waals surface area contributed by atoms with Crippen LogP contribution in [0, 0.1) is 0 Å². The Hall–Kier alpha value is -1.20. The molecule has 0 spiro atoms. The Morgan fingerprint density at radius 3 is 2.36 bits per heavy atom. The highest BCUT2D eigenvalue weighted by Crippen LogP contribution is 2.16. The van der Waals surface area contributed by atoms with Gasteiger partial charge in [-0.05, 0) is 0 Å². The van der Waals surface area contributed by atoms with Crippen molar-refractivity contribution in [3.8, 4) is 0 Å². The molecule has 0 aromatic carbocycles. The van der Waals surface area contributed by atoms with E-state index in [2.05, 4.69) is 11.6 Å². The summed E-state index contributed by atoms with van der Waals surface area (Å²) in [5, 5.41) is 0. The Morgan fingerprint density at radius 1 is 1.64 bits per heavy atom. The second kappa shape index (κ2) is 3.27. The van der Waals surface area contributed by atoms with Crippen molar-refractivity contribution in [2.75, 3.05) is 7.05 Å². The van der Waals surface area contributed by atoms with Crippen LogP contribution in [0.1, 0.15) is 0 Å². The van der Waals surface area contributed by atoms with Gasteiger partial charge in [-0.25, -0.2) is 4.99 Å². The molecule has 0 saturated carbocycles. The molecule has 11 heavy (non-hydrogen) atoms. The van der Waals surface area contributed by atoms with Crippen molar-refractivity contribution in [2.24, 2.45) is 10.7 Å². The summed E-state index contributed by atoms with van der Waals surface area (Å²) in [6, 6.07) is 0. The molecule has 6 heteroatoms. The first-order valence-corrected chi connectivity index (χ1v) is 2.62.